The number of rotatable bonds is 6. The summed E-state index contributed by atoms with van der Waals surface area (Å²) in [5, 5.41) is 5.69. The Morgan fingerprint density at radius 1 is 0.955 bits per heavy atom. The molecule has 0 unspecified atom stereocenters. The van der Waals surface area contributed by atoms with Crippen LogP contribution in [0.4, 0.5) is 5.69 Å². The standard InChI is InChI=1S/C18H20N2O2/c1-14-8-5-6-11-16(14)20-17(21)12-7-13-19-18(22)15-9-3-2-4-10-15/h2-6,8-11H,7,12-13H2,1H3,(H,19,22)(H,20,21). The van der Waals surface area contributed by atoms with Crippen LogP contribution < -0.4 is 10.6 Å². The van der Waals surface area contributed by atoms with E-state index >= 15 is 0 Å². The number of nitrogens with one attached hydrogen (secondary N) is 2. The zero-order valence-electron chi connectivity index (χ0n) is 12.6. The van der Waals surface area contributed by atoms with Gasteiger partial charge in [-0.15, -0.1) is 0 Å². The fourth-order valence-electron chi connectivity index (χ4n) is 2.07. The Hall–Kier alpha value is -2.62. The molecule has 0 radical (unpaired) electrons. The fraction of sp³-hybridized carbons (Fsp3) is 0.222. The SMILES string of the molecule is Cc1ccccc1NC(=O)CCCNC(=O)c1ccccc1. The van der Waals surface area contributed by atoms with Gasteiger partial charge in [0.15, 0.2) is 0 Å². The van der Waals surface area contributed by atoms with Crippen LogP contribution in [0.3, 0.4) is 0 Å². The minimum Gasteiger partial charge on any atom is -0.352 e. The second kappa shape index (κ2) is 7.98. The van der Waals surface area contributed by atoms with E-state index in [9.17, 15) is 9.59 Å². The number of anilines is 1. The van der Waals surface area contributed by atoms with Crippen LogP contribution in [0.5, 0.6) is 0 Å². The third-order valence-corrected chi connectivity index (χ3v) is 3.32. The molecule has 0 atom stereocenters. The highest BCUT2D eigenvalue weighted by Gasteiger charge is 2.06. The smallest absolute Gasteiger partial charge is 0.251 e. The second-order valence-electron chi connectivity index (χ2n) is 5.09. The van der Waals surface area contributed by atoms with Crippen LogP contribution >= 0.6 is 0 Å². The van der Waals surface area contributed by atoms with Gasteiger partial charge in [-0.2, -0.15) is 0 Å². The van der Waals surface area contributed by atoms with Gasteiger partial charge >= 0.3 is 0 Å². The molecule has 2 N–H and O–H groups in total. The third kappa shape index (κ3) is 4.74. The molecule has 0 fully saturated rings. The van der Waals surface area contributed by atoms with Crippen molar-refractivity contribution in [2.75, 3.05) is 11.9 Å². The number of carbonyl (C=O) groups is 2. The van der Waals surface area contributed by atoms with E-state index in [0.29, 0.717) is 24.9 Å². The van der Waals surface area contributed by atoms with Crippen LogP contribution in [0.15, 0.2) is 54.6 Å². The molecule has 22 heavy (non-hydrogen) atoms. The van der Waals surface area contributed by atoms with Crippen molar-refractivity contribution in [3.8, 4) is 0 Å². The van der Waals surface area contributed by atoms with E-state index in [4.69, 9.17) is 0 Å². The van der Waals surface area contributed by atoms with Gasteiger partial charge in [-0.05, 0) is 37.1 Å². The van der Waals surface area contributed by atoms with Crippen molar-refractivity contribution in [1.82, 2.24) is 5.32 Å². The van der Waals surface area contributed by atoms with Gasteiger partial charge in [0.25, 0.3) is 5.91 Å². The van der Waals surface area contributed by atoms with Crippen LogP contribution in [0.1, 0.15) is 28.8 Å². The minimum atomic E-state index is -0.111. The maximum Gasteiger partial charge on any atom is 0.251 e. The largest absolute Gasteiger partial charge is 0.352 e. The molecule has 0 aromatic heterocycles. The molecule has 4 nitrogen and oxygen atoms in total. The molecule has 2 amide bonds. The van der Waals surface area contributed by atoms with Crippen molar-refractivity contribution >= 4 is 17.5 Å². The van der Waals surface area contributed by atoms with Crippen LogP contribution in [0, 0.1) is 6.92 Å². The summed E-state index contributed by atoms with van der Waals surface area (Å²) < 4.78 is 0. The van der Waals surface area contributed by atoms with Gasteiger partial charge in [0.2, 0.25) is 5.91 Å². The zero-order valence-corrected chi connectivity index (χ0v) is 12.6. The lowest BCUT2D eigenvalue weighted by Gasteiger charge is -2.08. The van der Waals surface area contributed by atoms with E-state index in [2.05, 4.69) is 10.6 Å². The predicted molar refractivity (Wildman–Crippen MR) is 87.8 cm³/mol. The number of hydrogen-bond donors (Lipinski definition) is 2. The molecular formula is C18H20N2O2. The van der Waals surface area contributed by atoms with Gasteiger partial charge < -0.3 is 10.6 Å². The summed E-state index contributed by atoms with van der Waals surface area (Å²) in [5.41, 5.74) is 2.50. The molecular weight excluding hydrogens is 276 g/mol. The van der Waals surface area contributed by atoms with Crippen molar-refractivity contribution in [2.24, 2.45) is 0 Å². The molecule has 0 saturated heterocycles. The normalized spacial score (nSPS) is 10.0. The Kier molecular flexibility index (Phi) is 5.72. The number of amides is 2. The van der Waals surface area contributed by atoms with E-state index in [1.807, 2.05) is 49.4 Å². The summed E-state index contributed by atoms with van der Waals surface area (Å²) in [6, 6.07) is 16.7. The van der Waals surface area contributed by atoms with E-state index in [1.54, 1.807) is 12.1 Å². The van der Waals surface area contributed by atoms with Crippen LogP contribution in [-0.4, -0.2) is 18.4 Å². The topological polar surface area (TPSA) is 58.2 Å². The molecule has 0 heterocycles. The first kappa shape index (κ1) is 15.8. The molecule has 0 aliphatic heterocycles. The van der Waals surface area contributed by atoms with Crippen molar-refractivity contribution in [3.63, 3.8) is 0 Å². The molecule has 0 spiro atoms. The van der Waals surface area contributed by atoms with Crippen molar-refractivity contribution < 1.29 is 9.59 Å². The minimum absolute atomic E-state index is 0.0386. The molecule has 2 aromatic rings. The highest BCUT2D eigenvalue weighted by atomic mass is 16.2. The molecule has 4 heteroatoms. The number of para-hydroxylation sites is 1. The predicted octanol–water partition coefficient (Wildman–Crippen LogP) is 3.14. The van der Waals surface area contributed by atoms with Gasteiger partial charge in [-0.1, -0.05) is 36.4 Å². The number of benzene rings is 2. The highest BCUT2D eigenvalue weighted by molar-refractivity contribution is 5.94. The Labute approximate surface area is 130 Å². The second-order valence-corrected chi connectivity index (χ2v) is 5.09. The zero-order chi connectivity index (χ0) is 15.8. The van der Waals surface area contributed by atoms with Gasteiger partial charge in [-0.25, -0.2) is 0 Å². The molecule has 0 aliphatic carbocycles. The van der Waals surface area contributed by atoms with Crippen molar-refractivity contribution in [3.05, 3.63) is 65.7 Å². The van der Waals surface area contributed by atoms with Crippen LogP contribution in [0.2, 0.25) is 0 Å². The molecule has 0 bridgehead atoms. The Bertz CT molecular complexity index is 639. The molecule has 2 rings (SSSR count). The summed E-state index contributed by atoms with van der Waals surface area (Å²) in [7, 11) is 0. The summed E-state index contributed by atoms with van der Waals surface area (Å²) in [5.74, 6) is -0.150. The summed E-state index contributed by atoms with van der Waals surface area (Å²) >= 11 is 0. The van der Waals surface area contributed by atoms with Crippen molar-refractivity contribution in [2.45, 2.75) is 19.8 Å². The van der Waals surface area contributed by atoms with Crippen LogP contribution in [-0.2, 0) is 4.79 Å². The first-order chi connectivity index (χ1) is 10.7. The molecule has 0 aliphatic rings. The Morgan fingerprint density at radius 2 is 1.64 bits per heavy atom. The van der Waals surface area contributed by atoms with E-state index in [1.165, 1.54) is 0 Å². The number of hydrogen-bond acceptors (Lipinski definition) is 2. The van der Waals surface area contributed by atoms with E-state index in [0.717, 1.165) is 11.3 Å². The average molecular weight is 296 g/mol. The maximum absolute atomic E-state index is 11.9. The summed E-state index contributed by atoms with van der Waals surface area (Å²) in [4.78, 5) is 23.7. The van der Waals surface area contributed by atoms with Crippen LogP contribution in [0.25, 0.3) is 0 Å². The lowest BCUT2D eigenvalue weighted by atomic mass is 10.2. The lowest BCUT2D eigenvalue weighted by molar-refractivity contribution is -0.116. The van der Waals surface area contributed by atoms with Gasteiger partial charge in [0.05, 0.1) is 0 Å². The van der Waals surface area contributed by atoms with E-state index < -0.39 is 0 Å². The van der Waals surface area contributed by atoms with Crippen molar-refractivity contribution in [1.29, 1.82) is 0 Å². The first-order valence-corrected chi connectivity index (χ1v) is 7.35. The lowest BCUT2D eigenvalue weighted by Crippen LogP contribution is -2.25. The van der Waals surface area contributed by atoms with Gasteiger partial charge in [0, 0.05) is 24.2 Å². The monoisotopic (exact) mass is 296 g/mol. The fourth-order valence-corrected chi connectivity index (χ4v) is 2.07. The summed E-state index contributed by atoms with van der Waals surface area (Å²) in [6.07, 6.45) is 0.986. The van der Waals surface area contributed by atoms with Gasteiger partial charge in [0.1, 0.15) is 0 Å². The summed E-state index contributed by atoms with van der Waals surface area (Å²) in [6.45, 7) is 2.44. The third-order valence-electron chi connectivity index (χ3n) is 3.32. The molecule has 114 valence electrons. The Balaban J connectivity index is 1.69. The first-order valence-electron chi connectivity index (χ1n) is 7.35. The van der Waals surface area contributed by atoms with E-state index in [-0.39, 0.29) is 11.8 Å². The molecule has 2 aromatic carbocycles. The Morgan fingerprint density at radius 3 is 2.36 bits per heavy atom. The number of carbonyl (C=O) groups excluding carboxylic acids is 2. The average Bonchev–Trinajstić information content (AvgIpc) is 2.54. The molecule has 0 saturated carbocycles. The number of aryl methyl sites for hydroxylation is 1. The quantitative estimate of drug-likeness (QED) is 0.805. The van der Waals surface area contributed by atoms with Gasteiger partial charge in [-0.3, -0.25) is 9.59 Å². The highest BCUT2D eigenvalue weighted by Crippen LogP contribution is 2.13. The maximum atomic E-state index is 11.9.